The second-order valence-corrected chi connectivity index (χ2v) is 4.06. The van der Waals surface area contributed by atoms with E-state index in [1.54, 1.807) is 6.92 Å². The van der Waals surface area contributed by atoms with E-state index in [2.05, 4.69) is 10.6 Å². The van der Waals surface area contributed by atoms with Crippen LogP contribution < -0.4 is 10.6 Å². The number of nitro groups is 1. The van der Waals surface area contributed by atoms with Crippen molar-refractivity contribution in [3.63, 3.8) is 0 Å². The molecule has 0 unspecified atom stereocenters. The number of ketones is 1. The summed E-state index contributed by atoms with van der Waals surface area (Å²) in [5.74, 6) is -0.552. The largest absolute Gasteiger partial charge is 0.433 e. The summed E-state index contributed by atoms with van der Waals surface area (Å²) in [4.78, 5) is 32.9. The Kier molecular flexibility index (Phi) is 3.07. The molecule has 2 N–H and O–H groups in total. The number of rotatable bonds is 3. The maximum atomic E-state index is 11.6. The molecule has 19 heavy (non-hydrogen) atoms. The van der Waals surface area contributed by atoms with E-state index in [1.807, 2.05) is 0 Å². The number of carbonyl (C=O) groups excluding carboxylic acids is 2. The number of urea groups is 1. The first-order valence-electron chi connectivity index (χ1n) is 5.43. The molecule has 1 atom stereocenters. The lowest BCUT2D eigenvalue weighted by Gasteiger charge is -2.25. The van der Waals surface area contributed by atoms with Crippen molar-refractivity contribution in [2.45, 2.75) is 19.9 Å². The highest BCUT2D eigenvalue weighted by Gasteiger charge is 2.32. The van der Waals surface area contributed by atoms with Crippen molar-refractivity contribution >= 4 is 17.7 Å². The Morgan fingerprint density at radius 2 is 2.16 bits per heavy atom. The minimum atomic E-state index is -0.819. The second kappa shape index (κ2) is 4.56. The van der Waals surface area contributed by atoms with E-state index in [0.717, 1.165) is 0 Å². The molecule has 0 saturated heterocycles. The normalized spacial score (nSPS) is 18.8. The standard InChI is InChI=1S/C11H11N3O5/c1-5-9(6(2)15)10(13-11(16)12-5)7-3-4-8(19-7)14(17)18/h3-4,10H,1-2H3,(H2,12,13,16)/t10-/m0/s1. The summed E-state index contributed by atoms with van der Waals surface area (Å²) in [5.41, 5.74) is 0.712. The number of carbonyl (C=O) groups is 2. The molecule has 0 spiro atoms. The molecule has 2 heterocycles. The van der Waals surface area contributed by atoms with Gasteiger partial charge in [-0.15, -0.1) is 0 Å². The van der Waals surface area contributed by atoms with E-state index >= 15 is 0 Å². The first-order chi connectivity index (χ1) is 8.90. The first-order valence-corrected chi connectivity index (χ1v) is 5.43. The van der Waals surface area contributed by atoms with Crippen molar-refractivity contribution in [2.75, 3.05) is 0 Å². The number of allylic oxidation sites excluding steroid dienone is 1. The minimum Gasteiger partial charge on any atom is -0.403 e. The lowest BCUT2D eigenvalue weighted by molar-refractivity contribution is -0.402. The van der Waals surface area contributed by atoms with E-state index in [-0.39, 0.29) is 11.5 Å². The lowest BCUT2D eigenvalue weighted by Crippen LogP contribution is -2.44. The van der Waals surface area contributed by atoms with Crippen LogP contribution >= 0.6 is 0 Å². The molecular formula is C11H11N3O5. The second-order valence-electron chi connectivity index (χ2n) is 4.06. The van der Waals surface area contributed by atoms with Crippen LogP contribution in [-0.2, 0) is 4.79 Å². The Balaban J connectivity index is 2.45. The summed E-state index contributed by atoms with van der Waals surface area (Å²) in [6, 6.07) is 1.23. The van der Waals surface area contributed by atoms with Crippen molar-refractivity contribution < 1.29 is 18.9 Å². The number of nitrogens with one attached hydrogen (secondary N) is 2. The van der Waals surface area contributed by atoms with Gasteiger partial charge in [0.15, 0.2) is 5.78 Å². The predicted octanol–water partition coefficient (Wildman–Crippen LogP) is 1.40. The maximum Gasteiger partial charge on any atom is 0.433 e. The fourth-order valence-corrected chi connectivity index (χ4v) is 1.97. The average molecular weight is 265 g/mol. The highest BCUT2D eigenvalue weighted by molar-refractivity contribution is 5.98. The van der Waals surface area contributed by atoms with Gasteiger partial charge < -0.3 is 15.1 Å². The molecule has 2 rings (SSSR count). The van der Waals surface area contributed by atoms with Crippen LogP contribution in [0.2, 0.25) is 0 Å². The van der Waals surface area contributed by atoms with Gasteiger partial charge in [0.1, 0.15) is 16.7 Å². The summed E-state index contributed by atoms with van der Waals surface area (Å²) in [6.45, 7) is 2.93. The summed E-state index contributed by atoms with van der Waals surface area (Å²) in [5, 5.41) is 15.5. The smallest absolute Gasteiger partial charge is 0.403 e. The van der Waals surface area contributed by atoms with E-state index in [1.165, 1.54) is 19.1 Å². The van der Waals surface area contributed by atoms with Crippen LogP contribution in [-0.4, -0.2) is 16.7 Å². The zero-order chi connectivity index (χ0) is 14.2. The fourth-order valence-electron chi connectivity index (χ4n) is 1.97. The summed E-state index contributed by atoms with van der Waals surface area (Å²) in [6.07, 6.45) is 0. The molecule has 0 saturated carbocycles. The zero-order valence-electron chi connectivity index (χ0n) is 10.2. The van der Waals surface area contributed by atoms with Gasteiger partial charge in [-0.05, 0) is 19.9 Å². The van der Waals surface area contributed by atoms with Gasteiger partial charge >= 0.3 is 11.9 Å². The third-order valence-electron chi connectivity index (χ3n) is 2.73. The van der Waals surface area contributed by atoms with Gasteiger partial charge in [0.05, 0.1) is 6.07 Å². The minimum absolute atomic E-state index is 0.145. The van der Waals surface area contributed by atoms with Crippen LogP contribution in [0.4, 0.5) is 10.7 Å². The Hall–Kier alpha value is -2.64. The molecule has 0 aromatic carbocycles. The highest BCUT2D eigenvalue weighted by atomic mass is 16.6. The van der Waals surface area contributed by atoms with Crippen LogP contribution in [0.1, 0.15) is 25.6 Å². The molecule has 1 aromatic rings. The van der Waals surface area contributed by atoms with Gasteiger partial charge in [-0.1, -0.05) is 0 Å². The molecule has 8 nitrogen and oxygen atoms in total. The maximum absolute atomic E-state index is 11.6. The number of amides is 2. The van der Waals surface area contributed by atoms with Gasteiger partial charge in [-0.2, -0.15) is 0 Å². The first kappa shape index (κ1) is 12.8. The van der Waals surface area contributed by atoms with Gasteiger partial charge in [0.25, 0.3) is 0 Å². The van der Waals surface area contributed by atoms with Crippen molar-refractivity contribution in [1.29, 1.82) is 0 Å². The molecule has 0 bridgehead atoms. The lowest BCUT2D eigenvalue weighted by atomic mass is 9.97. The van der Waals surface area contributed by atoms with Crippen LogP contribution in [0.5, 0.6) is 0 Å². The van der Waals surface area contributed by atoms with Crippen molar-refractivity contribution in [2.24, 2.45) is 0 Å². The molecule has 8 heteroatoms. The zero-order valence-corrected chi connectivity index (χ0v) is 10.2. The van der Waals surface area contributed by atoms with Crippen molar-refractivity contribution in [3.8, 4) is 0 Å². The number of furan rings is 1. The van der Waals surface area contributed by atoms with Gasteiger partial charge in [-0.25, -0.2) is 4.79 Å². The predicted molar refractivity (Wildman–Crippen MR) is 63.2 cm³/mol. The van der Waals surface area contributed by atoms with Gasteiger partial charge in [0.2, 0.25) is 0 Å². The highest BCUT2D eigenvalue weighted by Crippen LogP contribution is 2.30. The number of hydrogen-bond acceptors (Lipinski definition) is 5. The van der Waals surface area contributed by atoms with E-state index in [4.69, 9.17) is 4.42 Å². The van der Waals surface area contributed by atoms with Crippen LogP contribution in [0.15, 0.2) is 27.8 Å². The van der Waals surface area contributed by atoms with Crippen LogP contribution in [0.25, 0.3) is 0 Å². The average Bonchev–Trinajstić information content (AvgIpc) is 2.76. The van der Waals surface area contributed by atoms with Crippen LogP contribution in [0, 0.1) is 10.1 Å². The van der Waals surface area contributed by atoms with E-state index < -0.39 is 22.9 Å². The third-order valence-corrected chi connectivity index (χ3v) is 2.73. The van der Waals surface area contributed by atoms with E-state index in [0.29, 0.717) is 11.3 Å². The Bertz CT molecular complexity index is 601. The summed E-state index contributed by atoms with van der Waals surface area (Å²) >= 11 is 0. The topological polar surface area (TPSA) is 114 Å². The Labute approximate surface area is 107 Å². The van der Waals surface area contributed by atoms with E-state index in [9.17, 15) is 19.7 Å². The number of Topliss-reactive ketones (excluding diaryl/α,β-unsaturated/α-hetero) is 1. The van der Waals surface area contributed by atoms with Crippen LogP contribution in [0.3, 0.4) is 0 Å². The third kappa shape index (κ3) is 2.32. The molecule has 0 aliphatic carbocycles. The molecular weight excluding hydrogens is 254 g/mol. The monoisotopic (exact) mass is 265 g/mol. The molecule has 2 amide bonds. The summed E-state index contributed by atoms with van der Waals surface area (Å²) in [7, 11) is 0. The number of nitrogens with zero attached hydrogens (tertiary/aromatic N) is 1. The SMILES string of the molecule is CC(=O)C1=C(C)NC(=O)N[C@H]1c1ccc([N+](=O)[O-])o1. The van der Waals surface area contributed by atoms with Gasteiger partial charge in [-0.3, -0.25) is 14.9 Å². The molecule has 1 aliphatic heterocycles. The Morgan fingerprint density at radius 3 is 2.68 bits per heavy atom. The van der Waals surface area contributed by atoms with Gasteiger partial charge in [0, 0.05) is 11.3 Å². The molecule has 100 valence electrons. The number of hydrogen-bond donors (Lipinski definition) is 2. The molecule has 1 aromatic heterocycles. The quantitative estimate of drug-likeness (QED) is 0.633. The molecule has 1 aliphatic rings. The molecule has 0 radical (unpaired) electrons. The fraction of sp³-hybridized carbons (Fsp3) is 0.273. The Morgan fingerprint density at radius 1 is 1.47 bits per heavy atom. The van der Waals surface area contributed by atoms with Crippen molar-refractivity contribution in [3.05, 3.63) is 39.3 Å². The molecule has 0 fully saturated rings. The van der Waals surface area contributed by atoms with Crippen molar-refractivity contribution in [1.82, 2.24) is 10.6 Å². The summed E-state index contributed by atoms with van der Waals surface area (Å²) < 4.78 is 5.03.